The van der Waals surface area contributed by atoms with Crippen LogP contribution in [0.4, 0.5) is 17.6 Å². The lowest BCUT2D eigenvalue weighted by Crippen LogP contribution is -2.06. The van der Waals surface area contributed by atoms with Gasteiger partial charge >= 0.3 is 0 Å². The van der Waals surface area contributed by atoms with Gasteiger partial charge in [0.15, 0.2) is 22.8 Å². The molecule has 3 aromatic rings. The molecule has 0 saturated carbocycles. The first kappa shape index (κ1) is 12.4. The molecule has 0 bridgehead atoms. The molecule has 0 amide bonds. The van der Waals surface area contributed by atoms with Crippen molar-refractivity contribution in [2.45, 2.75) is 0 Å². The van der Waals surface area contributed by atoms with Gasteiger partial charge < -0.3 is 17.2 Å². The lowest BCUT2D eigenvalue weighted by Gasteiger charge is -2.07. The molecule has 0 fully saturated rings. The van der Waals surface area contributed by atoms with Crippen molar-refractivity contribution in [2.24, 2.45) is 0 Å². The SMILES string of the molecule is Nc1nc(N)c2nc(-c3ccc(Cl)cc3)c(N)nc2n1. The first-order chi connectivity index (χ1) is 9.54. The van der Waals surface area contributed by atoms with Crippen molar-refractivity contribution >= 4 is 40.3 Å². The number of nitrogens with zero attached hydrogens (tertiary/aromatic N) is 4. The fraction of sp³-hybridized carbons (Fsp3) is 0. The monoisotopic (exact) mass is 287 g/mol. The Hall–Kier alpha value is -2.67. The Labute approximate surface area is 118 Å². The summed E-state index contributed by atoms with van der Waals surface area (Å²) in [5.41, 5.74) is 19.1. The van der Waals surface area contributed by atoms with E-state index in [1.54, 1.807) is 24.3 Å². The van der Waals surface area contributed by atoms with Crippen molar-refractivity contribution in [1.29, 1.82) is 0 Å². The van der Waals surface area contributed by atoms with E-state index in [-0.39, 0.29) is 23.2 Å². The van der Waals surface area contributed by atoms with Gasteiger partial charge in [0.1, 0.15) is 5.69 Å². The van der Waals surface area contributed by atoms with Crippen molar-refractivity contribution in [2.75, 3.05) is 17.2 Å². The fourth-order valence-corrected chi connectivity index (χ4v) is 1.94. The average Bonchev–Trinajstić information content (AvgIpc) is 2.39. The minimum Gasteiger partial charge on any atom is -0.382 e. The predicted molar refractivity (Wildman–Crippen MR) is 78.8 cm³/mol. The van der Waals surface area contributed by atoms with Crippen molar-refractivity contribution in [3.63, 3.8) is 0 Å². The molecule has 2 aromatic heterocycles. The van der Waals surface area contributed by atoms with E-state index < -0.39 is 0 Å². The summed E-state index contributed by atoms with van der Waals surface area (Å²) in [6.07, 6.45) is 0. The van der Waals surface area contributed by atoms with Crippen LogP contribution < -0.4 is 17.2 Å². The maximum absolute atomic E-state index is 5.91. The first-order valence-corrected chi connectivity index (χ1v) is 6.04. The van der Waals surface area contributed by atoms with Crippen LogP contribution in [0.2, 0.25) is 5.02 Å². The third-order valence-electron chi connectivity index (χ3n) is 2.72. The molecule has 20 heavy (non-hydrogen) atoms. The molecule has 0 aliphatic carbocycles. The third-order valence-corrected chi connectivity index (χ3v) is 2.97. The standard InChI is InChI=1S/C12H10ClN7/c13-6-3-1-5(2-4-6)7-9(14)18-11-8(17-7)10(15)19-12(16)20-11/h1-4H,(H6,14,15,16,18,19,20). The van der Waals surface area contributed by atoms with E-state index in [0.29, 0.717) is 16.2 Å². The van der Waals surface area contributed by atoms with Crippen LogP contribution in [0.15, 0.2) is 24.3 Å². The number of anilines is 3. The van der Waals surface area contributed by atoms with Crippen LogP contribution in [0.1, 0.15) is 0 Å². The number of nitrogen functional groups attached to an aromatic ring is 3. The van der Waals surface area contributed by atoms with E-state index in [9.17, 15) is 0 Å². The van der Waals surface area contributed by atoms with Gasteiger partial charge in [-0.15, -0.1) is 0 Å². The maximum Gasteiger partial charge on any atom is 0.224 e. The molecule has 100 valence electrons. The van der Waals surface area contributed by atoms with Gasteiger partial charge in [0.25, 0.3) is 0 Å². The summed E-state index contributed by atoms with van der Waals surface area (Å²) < 4.78 is 0. The van der Waals surface area contributed by atoms with Crippen molar-refractivity contribution < 1.29 is 0 Å². The topological polar surface area (TPSA) is 130 Å². The van der Waals surface area contributed by atoms with Crippen LogP contribution >= 0.6 is 11.6 Å². The van der Waals surface area contributed by atoms with Gasteiger partial charge in [0.2, 0.25) is 5.95 Å². The van der Waals surface area contributed by atoms with Crippen molar-refractivity contribution in [3.8, 4) is 11.3 Å². The third kappa shape index (κ3) is 2.04. The zero-order chi connectivity index (χ0) is 14.3. The number of benzene rings is 1. The lowest BCUT2D eigenvalue weighted by atomic mass is 10.1. The highest BCUT2D eigenvalue weighted by atomic mass is 35.5. The molecular formula is C12H10ClN7. The first-order valence-electron chi connectivity index (χ1n) is 5.67. The molecule has 0 saturated heterocycles. The van der Waals surface area contributed by atoms with Gasteiger partial charge in [-0.25, -0.2) is 9.97 Å². The Balaban J connectivity index is 2.26. The molecule has 1 aromatic carbocycles. The zero-order valence-electron chi connectivity index (χ0n) is 10.2. The van der Waals surface area contributed by atoms with E-state index >= 15 is 0 Å². The zero-order valence-corrected chi connectivity index (χ0v) is 11.0. The minimum atomic E-state index is 0.0305. The highest BCUT2D eigenvalue weighted by Gasteiger charge is 2.12. The molecule has 3 rings (SSSR count). The van der Waals surface area contributed by atoms with Crippen LogP contribution in [0.3, 0.4) is 0 Å². The van der Waals surface area contributed by atoms with Gasteiger partial charge in [0.05, 0.1) is 0 Å². The smallest absolute Gasteiger partial charge is 0.224 e. The molecule has 6 N–H and O–H groups in total. The summed E-state index contributed by atoms with van der Waals surface area (Å²) in [5.74, 6) is 0.426. The van der Waals surface area contributed by atoms with Gasteiger partial charge in [-0.3, -0.25) is 0 Å². The lowest BCUT2D eigenvalue weighted by molar-refractivity contribution is 1.17. The second-order valence-corrected chi connectivity index (χ2v) is 4.54. The van der Waals surface area contributed by atoms with Gasteiger partial charge in [-0.1, -0.05) is 23.7 Å². The Morgan fingerprint density at radius 1 is 0.800 bits per heavy atom. The maximum atomic E-state index is 5.91. The van der Waals surface area contributed by atoms with Gasteiger partial charge in [0, 0.05) is 10.6 Å². The second-order valence-electron chi connectivity index (χ2n) is 4.10. The second kappa shape index (κ2) is 4.46. The molecule has 0 aliphatic heterocycles. The molecule has 7 nitrogen and oxygen atoms in total. The summed E-state index contributed by atoms with van der Waals surface area (Å²) >= 11 is 5.86. The van der Waals surface area contributed by atoms with Crippen LogP contribution in [-0.4, -0.2) is 19.9 Å². The minimum absolute atomic E-state index is 0.0305. The number of fused-ring (bicyclic) bond motifs is 1. The van der Waals surface area contributed by atoms with Crippen LogP contribution in [0, 0.1) is 0 Å². The molecule has 0 aliphatic rings. The summed E-state index contributed by atoms with van der Waals surface area (Å²) in [4.78, 5) is 16.4. The van der Waals surface area contributed by atoms with E-state index in [1.165, 1.54) is 0 Å². The highest BCUT2D eigenvalue weighted by Crippen LogP contribution is 2.27. The molecule has 0 atom stereocenters. The number of hydrogen-bond acceptors (Lipinski definition) is 7. The van der Waals surface area contributed by atoms with Crippen molar-refractivity contribution in [1.82, 2.24) is 19.9 Å². The Bertz CT molecular complexity index is 801. The predicted octanol–water partition coefficient (Wildman–Crippen LogP) is 1.49. The van der Waals surface area contributed by atoms with Crippen molar-refractivity contribution in [3.05, 3.63) is 29.3 Å². The molecule has 8 heteroatoms. The molecule has 0 radical (unpaired) electrons. The number of aromatic nitrogens is 4. The summed E-state index contributed by atoms with van der Waals surface area (Å²) in [7, 11) is 0. The highest BCUT2D eigenvalue weighted by molar-refractivity contribution is 6.30. The number of hydrogen-bond donors (Lipinski definition) is 3. The number of nitrogens with two attached hydrogens (primary N) is 3. The van der Waals surface area contributed by atoms with E-state index in [4.69, 9.17) is 28.8 Å². The normalized spacial score (nSPS) is 10.8. The quantitative estimate of drug-likeness (QED) is 0.618. The summed E-state index contributed by atoms with van der Waals surface area (Å²) in [6, 6.07) is 7.07. The Kier molecular flexibility index (Phi) is 2.76. The molecule has 0 unspecified atom stereocenters. The van der Waals surface area contributed by atoms with E-state index in [0.717, 1.165) is 5.56 Å². The summed E-state index contributed by atoms with van der Waals surface area (Å²) in [5, 5.41) is 0.622. The number of rotatable bonds is 1. The van der Waals surface area contributed by atoms with Gasteiger partial charge in [-0.05, 0) is 12.1 Å². The summed E-state index contributed by atoms with van der Waals surface area (Å²) in [6.45, 7) is 0. The fourth-order valence-electron chi connectivity index (χ4n) is 1.82. The largest absolute Gasteiger partial charge is 0.382 e. The van der Waals surface area contributed by atoms with Crippen LogP contribution in [0.25, 0.3) is 22.4 Å². The Morgan fingerprint density at radius 3 is 2.20 bits per heavy atom. The van der Waals surface area contributed by atoms with E-state index in [1.807, 2.05) is 0 Å². The van der Waals surface area contributed by atoms with E-state index in [2.05, 4.69) is 19.9 Å². The van der Waals surface area contributed by atoms with Crippen LogP contribution in [0.5, 0.6) is 0 Å². The number of halogens is 1. The van der Waals surface area contributed by atoms with Crippen LogP contribution in [-0.2, 0) is 0 Å². The average molecular weight is 288 g/mol. The molecule has 0 spiro atoms. The molecular weight excluding hydrogens is 278 g/mol. The van der Waals surface area contributed by atoms with Gasteiger partial charge in [-0.2, -0.15) is 9.97 Å². The molecule has 2 heterocycles. The Morgan fingerprint density at radius 2 is 1.50 bits per heavy atom.